The van der Waals surface area contributed by atoms with Gasteiger partial charge in [-0.2, -0.15) is 0 Å². The fourth-order valence-electron chi connectivity index (χ4n) is 2.50. The van der Waals surface area contributed by atoms with Gasteiger partial charge in [0.15, 0.2) is 0 Å². The van der Waals surface area contributed by atoms with Crippen LogP contribution in [0, 0.1) is 0 Å². The Hall–Kier alpha value is -2.79. The van der Waals surface area contributed by atoms with Crippen molar-refractivity contribution >= 4 is 34.3 Å². The zero-order valence-electron chi connectivity index (χ0n) is 14.9. The van der Waals surface area contributed by atoms with Gasteiger partial charge in [0.1, 0.15) is 5.75 Å². The van der Waals surface area contributed by atoms with Gasteiger partial charge >= 0.3 is 0 Å². The highest BCUT2D eigenvalue weighted by molar-refractivity contribution is 7.10. The Morgan fingerprint density at radius 2 is 1.73 bits per heavy atom. The molecule has 26 heavy (non-hydrogen) atoms. The molecule has 1 amide bonds. The first-order valence-corrected chi connectivity index (χ1v) is 9.43. The molecule has 0 atom stereocenters. The quantitative estimate of drug-likeness (QED) is 0.584. The standard InChI is InChI=1S/C21H22N2O2S/c1-15(2)25-20-8-4-3-7-19(20)22-16-9-11-17(12-10-16)23-21(24)14-18-6-5-13-26-18/h3-13,15,22H,14H2,1-2H3,(H,23,24). The molecule has 2 aromatic carbocycles. The van der Waals surface area contributed by atoms with Crippen molar-refractivity contribution in [3.8, 4) is 5.75 Å². The minimum atomic E-state index is -0.0103. The number of ether oxygens (including phenoxy) is 1. The molecule has 2 N–H and O–H groups in total. The van der Waals surface area contributed by atoms with Crippen LogP contribution < -0.4 is 15.4 Å². The van der Waals surface area contributed by atoms with Crippen LogP contribution in [0.25, 0.3) is 0 Å². The lowest BCUT2D eigenvalue weighted by atomic mass is 10.2. The Labute approximate surface area is 157 Å². The lowest BCUT2D eigenvalue weighted by molar-refractivity contribution is -0.115. The van der Waals surface area contributed by atoms with E-state index >= 15 is 0 Å². The first kappa shape index (κ1) is 18.0. The molecule has 0 spiro atoms. The van der Waals surface area contributed by atoms with E-state index in [0.29, 0.717) is 6.42 Å². The average Bonchev–Trinajstić information content (AvgIpc) is 3.11. The van der Waals surface area contributed by atoms with E-state index in [-0.39, 0.29) is 12.0 Å². The number of rotatable bonds is 7. The van der Waals surface area contributed by atoms with Crippen molar-refractivity contribution in [1.29, 1.82) is 0 Å². The molecule has 0 saturated carbocycles. The minimum absolute atomic E-state index is 0.0103. The minimum Gasteiger partial charge on any atom is -0.489 e. The molecule has 0 bridgehead atoms. The normalized spacial score (nSPS) is 10.6. The second kappa shape index (κ2) is 8.54. The number of hydrogen-bond acceptors (Lipinski definition) is 4. The first-order chi connectivity index (χ1) is 12.6. The lowest BCUT2D eigenvalue weighted by Gasteiger charge is -2.15. The number of anilines is 3. The van der Waals surface area contributed by atoms with Crippen molar-refractivity contribution < 1.29 is 9.53 Å². The van der Waals surface area contributed by atoms with Gasteiger partial charge in [0.25, 0.3) is 0 Å². The van der Waals surface area contributed by atoms with E-state index in [9.17, 15) is 4.79 Å². The van der Waals surface area contributed by atoms with Crippen molar-refractivity contribution in [2.24, 2.45) is 0 Å². The highest BCUT2D eigenvalue weighted by Crippen LogP contribution is 2.28. The molecule has 5 heteroatoms. The Morgan fingerprint density at radius 3 is 2.42 bits per heavy atom. The maximum Gasteiger partial charge on any atom is 0.229 e. The number of thiophene rings is 1. The first-order valence-electron chi connectivity index (χ1n) is 8.55. The second-order valence-corrected chi connectivity index (χ2v) is 7.20. The molecule has 3 rings (SSSR count). The fraction of sp³-hybridized carbons (Fsp3) is 0.190. The number of carbonyl (C=O) groups excluding carboxylic acids is 1. The topological polar surface area (TPSA) is 50.4 Å². The van der Waals surface area contributed by atoms with Crippen LogP contribution in [0.2, 0.25) is 0 Å². The Morgan fingerprint density at radius 1 is 1.00 bits per heavy atom. The number of para-hydroxylation sites is 2. The van der Waals surface area contributed by atoms with Gasteiger partial charge in [0, 0.05) is 16.3 Å². The molecule has 0 aliphatic carbocycles. The molecular weight excluding hydrogens is 344 g/mol. The Kier molecular flexibility index (Phi) is 5.92. The molecule has 1 heterocycles. The summed E-state index contributed by atoms with van der Waals surface area (Å²) in [4.78, 5) is 13.1. The third-order valence-electron chi connectivity index (χ3n) is 3.61. The molecule has 0 unspecified atom stereocenters. The molecule has 3 aromatic rings. The van der Waals surface area contributed by atoms with Gasteiger partial charge in [-0.1, -0.05) is 18.2 Å². The summed E-state index contributed by atoms with van der Waals surface area (Å²) in [6.45, 7) is 4.01. The molecule has 0 saturated heterocycles. The van der Waals surface area contributed by atoms with E-state index in [2.05, 4.69) is 10.6 Å². The largest absolute Gasteiger partial charge is 0.489 e. The maximum atomic E-state index is 12.1. The molecule has 1 aromatic heterocycles. The van der Waals surface area contributed by atoms with Crippen LogP contribution in [0.3, 0.4) is 0 Å². The smallest absolute Gasteiger partial charge is 0.229 e. The zero-order chi connectivity index (χ0) is 18.4. The van der Waals surface area contributed by atoms with Crippen molar-refractivity contribution in [3.63, 3.8) is 0 Å². The summed E-state index contributed by atoms with van der Waals surface area (Å²) < 4.78 is 5.83. The zero-order valence-corrected chi connectivity index (χ0v) is 15.7. The van der Waals surface area contributed by atoms with E-state index in [4.69, 9.17) is 4.74 Å². The van der Waals surface area contributed by atoms with Crippen LogP contribution in [0.15, 0.2) is 66.0 Å². The van der Waals surface area contributed by atoms with Gasteiger partial charge in [0.2, 0.25) is 5.91 Å². The van der Waals surface area contributed by atoms with Gasteiger partial charge in [-0.25, -0.2) is 0 Å². The van der Waals surface area contributed by atoms with Crippen LogP contribution in [0.1, 0.15) is 18.7 Å². The summed E-state index contributed by atoms with van der Waals surface area (Å²) in [6.07, 6.45) is 0.510. The molecule has 4 nitrogen and oxygen atoms in total. The number of hydrogen-bond donors (Lipinski definition) is 2. The summed E-state index contributed by atoms with van der Waals surface area (Å²) in [5.74, 6) is 0.805. The van der Waals surface area contributed by atoms with Crippen molar-refractivity contribution in [1.82, 2.24) is 0 Å². The summed E-state index contributed by atoms with van der Waals surface area (Å²) in [5, 5.41) is 8.26. The predicted molar refractivity (Wildman–Crippen MR) is 109 cm³/mol. The van der Waals surface area contributed by atoms with Crippen LogP contribution in [-0.4, -0.2) is 12.0 Å². The second-order valence-electron chi connectivity index (χ2n) is 6.17. The molecule has 0 radical (unpaired) electrons. The molecule has 0 fully saturated rings. The van der Waals surface area contributed by atoms with Gasteiger partial charge < -0.3 is 15.4 Å². The lowest BCUT2D eigenvalue weighted by Crippen LogP contribution is -2.13. The van der Waals surface area contributed by atoms with Gasteiger partial charge in [-0.15, -0.1) is 11.3 Å². The van der Waals surface area contributed by atoms with E-state index in [1.54, 1.807) is 11.3 Å². The predicted octanol–water partition coefficient (Wildman–Crippen LogP) is 5.46. The van der Waals surface area contributed by atoms with Gasteiger partial charge in [-0.05, 0) is 61.7 Å². The van der Waals surface area contributed by atoms with Crippen LogP contribution in [-0.2, 0) is 11.2 Å². The monoisotopic (exact) mass is 366 g/mol. The van der Waals surface area contributed by atoms with E-state index in [1.165, 1.54) is 0 Å². The highest BCUT2D eigenvalue weighted by Gasteiger charge is 2.07. The number of amides is 1. The number of nitrogens with one attached hydrogen (secondary N) is 2. The van der Waals surface area contributed by atoms with E-state index in [0.717, 1.165) is 27.7 Å². The van der Waals surface area contributed by atoms with Crippen LogP contribution >= 0.6 is 11.3 Å². The summed E-state index contributed by atoms with van der Waals surface area (Å²) in [5.41, 5.74) is 2.63. The van der Waals surface area contributed by atoms with Crippen molar-refractivity contribution in [3.05, 3.63) is 70.9 Å². The molecular formula is C21H22N2O2S. The Balaban J connectivity index is 1.62. The SMILES string of the molecule is CC(C)Oc1ccccc1Nc1ccc(NC(=O)Cc2cccs2)cc1. The summed E-state index contributed by atoms with van der Waals surface area (Å²) in [7, 11) is 0. The molecule has 0 aliphatic heterocycles. The Bertz CT molecular complexity index is 843. The third-order valence-corrected chi connectivity index (χ3v) is 4.49. The van der Waals surface area contributed by atoms with Gasteiger partial charge in [0.05, 0.1) is 18.2 Å². The van der Waals surface area contributed by atoms with E-state index < -0.39 is 0 Å². The van der Waals surface area contributed by atoms with E-state index in [1.807, 2.05) is 79.9 Å². The summed E-state index contributed by atoms with van der Waals surface area (Å²) >= 11 is 1.59. The van der Waals surface area contributed by atoms with Crippen molar-refractivity contribution in [2.75, 3.05) is 10.6 Å². The average molecular weight is 366 g/mol. The number of benzene rings is 2. The third kappa shape index (κ3) is 5.10. The number of carbonyl (C=O) groups is 1. The highest BCUT2D eigenvalue weighted by atomic mass is 32.1. The maximum absolute atomic E-state index is 12.1. The molecule has 134 valence electrons. The summed E-state index contributed by atoms with van der Waals surface area (Å²) in [6, 6.07) is 19.4. The van der Waals surface area contributed by atoms with Crippen LogP contribution in [0.4, 0.5) is 17.1 Å². The van der Waals surface area contributed by atoms with Crippen LogP contribution in [0.5, 0.6) is 5.75 Å². The van der Waals surface area contributed by atoms with Gasteiger partial charge in [-0.3, -0.25) is 4.79 Å². The molecule has 0 aliphatic rings. The fourth-order valence-corrected chi connectivity index (χ4v) is 3.20. The van der Waals surface area contributed by atoms with Crippen molar-refractivity contribution in [2.45, 2.75) is 26.4 Å².